The molecule has 0 saturated heterocycles. The van der Waals surface area contributed by atoms with Gasteiger partial charge in [0.2, 0.25) is 0 Å². The zero-order chi connectivity index (χ0) is 12.7. The minimum Gasteiger partial charge on any atom is -0.481 e. The van der Waals surface area contributed by atoms with Crippen LogP contribution < -0.4 is 5.32 Å². The minimum absolute atomic E-state index is 0.142. The maximum absolute atomic E-state index is 10.5. The summed E-state index contributed by atoms with van der Waals surface area (Å²) < 4.78 is 5.06. The molecule has 1 aromatic rings. The zero-order valence-corrected chi connectivity index (χ0v) is 10.3. The molecule has 0 spiro atoms. The molecule has 4 nitrogen and oxygen atoms in total. The largest absolute Gasteiger partial charge is 0.481 e. The van der Waals surface area contributed by atoms with E-state index >= 15 is 0 Å². The number of rotatable bonds is 7. The molecule has 1 aromatic carbocycles. The fraction of sp³-hybridized carbons (Fsp3) is 0.462. The standard InChI is InChI=1S/C13H19NO3/c1-10(6-7-13(15)16)14-12-5-3-4-11(8-12)9-17-2/h3-5,8,10,14H,6-7,9H2,1-2H3,(H,15,16). The summed E-state index contributed by atoms with van der Waals surface area (Å²) >= 11 is 0. The Balaban J connectivity index is 2.49. The lowest BCUT2D eigenvalue weighted by Crippen LogP contribution is -2.16. The number of carbonyl (C=O) groups is 1. The molecule has 17 heavy (non-hydrogen) atoms. The quantitative estimate of drug-likeness (QED) is 0.765. The Kier molecular flexibility index (Phi) is 5.49. The van der Waals surface area contributed by atoms with Crippen molar-refractivity contribution in [1.82, 2.24) is 0 Å². The van der Waals surface area contributed by atoms with E-state index < -0.39 is 5.97 Å². The second-order valence-corrected chi connectivity index (χ2v) is 4.11. The van der Waals surface area contributed by atoms with Crippen LogP contribution in [-0.2, 0) is 16.1 Å². The summed E-state index contributed by atoms with van der Waals surface area (Å²) in [6.07, 6.45) is 0.801. The third kappa shape index (κ3) is 5.36. The van der Waals surface area contributed by atoms with Crippen LogP contribution in [0.5, 0.6) is 0 Å². The van der Waals surface area contributed by atoms with Crippen LogP contribution in [0.25, 0.3) is 0 Å². The number of aliphatic carboxylic acids is 1. The summed E-state index contributed by atoms with van der Waals surface area (Å²) in [6, 6.07) is 8.08. The van der Waals surface area contributed by atoms with E-state index in [4.69, 9.17) is 9.84 Å². The summed E-state index contributed by atoms with van der Waals surface area (Å²) in [6.45, 7) is 2.56. The molecule has 0 aliphatic rings. The number of hydrogen-bond acceptors (Lipinski definition) is 3. The zero-order valence-electron chi connectivity index (χ0n) is 10.3. The molecule has 0 heterocycles. The number of carboxylic acids is 1. The minimum atomic E-state index is -0.758. The lowest BCUT2D eigenvalue weighted by atomic mass is 10.1. The van der Waals surface area contributed by atoms with Crippen LogP contribution in [0.4, 0.5) is 5.69 Å². The van der Waals surface area contributed by atoms with E-state index in [-0.39, 0.29) is 12.5 Å². The number of anilines is 1. The van der Waals surface area contributed by atoms with Gasteiger partial charge in [0.15, 0.2) is 0 Å². The lowest BCUT2D eigenvalue weighted by molar-refractivity contribution is -0.137. The SMILES string of the molecule is COCc1cccc(NC(C)CCC(=O)O)c1. The van der Waals surface area contributed by atoms with Gasteiger partial charge in [0.25, 0.3) is 0 Å². The van der Waals surface area contributed by atoms with E-state index in [2.05, 4.69) is 5.32 Å². The van der Waals surface area contributed by atoms with Gasteiger partial charge in [0.05, 0.1) is 6.61 Å². The van der Waals surface area contributed by atoms with Gasteiger partial charge in [-0.1, -0.05) is 12.1 Å². The van der Waals surface area contributed by atoms with Crippen molar-refractivity contribution in [1.29, 1.82) is 0 Å². The first kappa shape index (κ1) is 13.5. The Morgan fingerprint density at radius 1 is 1.53 bits per heavy atom. The van der Waals surface area contributed by atoms with E-state index in [1.807, 2.05) is 31.2 Å². The van der Waals surface area contributed by atoms with Gasteiger partial charge in [-0.25, -0.2) is 0 Å². The highest BCUT2D eigenvalue weighted by Crippen LogP contribution is 2.14. The molecule has 0 saturated carbocycles. The first-order chi connectivity index (χ1) is 8.11. The molecule has 0 fully saturated rings. The van der Waals surface area contributed by atoms with Gasteiger partial charge >= 0.3 is 5.97 Å². The van der Waals surface area contributed by atoms with Gasteiger partial charge in [0, 0.05) is 25.3 Å². The lowest BCUT2D eigenvalue weighted by Gasteiger charge is -2.14. The third-order valence-corrected chi connectivity index (χ3v) is 2.44. The number of hydrogen-bond donors (Lipinski definition) is 2. The van der Waals surface area contributed by atoms with E-state index in [9.17, 15) is 4.79 Å². The van der Waals surface area contributed by atoms with Gasteiger partial charge in [-0.2, -0.15) is 0 Å². The van der Waals surface area contributed by atoms with Crippen molar-refractivity contribution in [3.8, 4) is 0 Å². The van der Waals surface area contributed by atoms with E-state index in [0.717, 1.165) is 11.3 Å². The predicted octanol–water partition coefficient (Wildman–Crippen LogP) is 2.50. The summed E-state index contributed by atoms with van der Waals surface area (Å²) in [5, 5.41) is 11.9. The maximum atomic E-state index is 10.5. The molecular formula is C13H19NO3. The topological polar surface area (TPSA) is 58.6 Å². The molecule has 94 valence electrons. The highest BCUT2D eigenvalue weighted by Gasteiger charge is 2.05. The third-order valence-electron chi connectivity index (χ3n) is 2.44. The average Bonchev–Trinajstić information content (AvgIpc) is 2.27. The molecule has 0 aliphatic carbocycles. The van der Waals surface area contributed by atoms with E-state index in [1.165, 1.54) is 0 Å². The highest BCUT2D eigenvalue weighted by atomic mass is 16.5. The molecule has 0 bridgehead atoms. The molecule has 0 aromatic heterocycles. The van der Waals surface area contributed by atoms with Gasteiger partial charge in [-0.05, 0) is 31.0 Å². The Morgan fingerprint density at radius 2 is 2.29 bits per heavy atom. The average molecular weight is 237 g/mol. The van der Waals surface area contributed by atoms with E-state index in [0.29, 0.717) is 13.0 Å². The van der Waals surface area contributed by atoms with Crippen LogP contribution in [0.15, 0.2) is 24.3 Å². The van der Waals surface area contributed by atoms with Crippen molar-refractivity contribution in [2.45, 2.75) is 32.4 Å². The molecule has 4 heteroatoms. The maximum Gasteiger partial charge on any atom is 0.303 e. The normalized spacial score (nSPS) is 12.1. The van der Waals surface area contributed by atoms with E-state index in [1.54, 1.807) is 7.11 Å². The summed E-state index contributed by atoms with van der Waals surface area (Å²) in [5.74, 6) is -0.758. The van der Waals surface area contributed by atoms with Gasteiger partial charge in [-0.3, -0.25) is 4.79 Å². The number of nitrogens with one attached hydrogen (secondary N) is 1. The molecule has 0 amide bonds. The molecular weight excluding hydrogens is 218 g/mol. The summed E-state index contributed by atoms with van der Waals surface area (Å²) in [5.41, 5.74) is 2.10. The Hall–Kier alpha value is -1.55. The number of methoxy groups -OCH3 is 1. The van der Waals surface area contributed by atoms with Gasteiger partial charge in [0.1, 0.15) is 0 Å². The number of ether oxygens (including phenoxy) is 1. The van der Waals surface area contributed by atoms with Crippen molar-refractivity contribution in [2.75, 3.05) is 12.4 Å². The molecule has 2 N–H and O–H groups in total. The summed E-state index contributed by atoms with van der Waals surface area (Å²) in [7, 11) is 1.66. The second kappa shape index (κ2) is 6.91. The van der Waals surface area contributed by atoms with Crippen molar-refractivity contribution in [2.24, 2.45) is 0 Å². The van der Waals surface area contributed by atoms with Crippen molar-refractivity contribution in [3.63, 3.8) is 0 Å². The number of benzene rings is 1. The van der Waals surface area contributed by atoms with Crippen LogP contribution in [0.1, 0.15) is 25.3 Å². The van der Waals surface area contributed by atoms with Crippen molar-refractivity contribution >= 4 is 11.7 Å². The monoisotopic (exact) mass is 237 g/mol. The predicted molar refractivity (Wildman–Crippen MR) is 67.1 cm³/mol. The van der Waals surface area contributed by atoms with Crippen molar-refractivity contribution < 1.29 is 14.6 Å². The Bertz CT molecular complexity index is 365. The van der Waals surface area contributed by atoms with Crippen LogP contribution >= 0.6 is 0 Å². The van der Waals surface area contributed by atoms with Crippen LogP contribution in [0, 0.1) is 0 Å². The summed E-state index contributed by atoms with van der Waals surface area (Å²) in [4.78, 5) is 10.5. The fourth-order valence-electron chi connectivity index (χ4n) is 1.61. The Labute approximate surface area is 102 Å². The van der Waals surface area contributed by atoms with Crippen LogP contribution in [0.2, 0.25) is 0 Å². The molecule has 1 rings (SSSR count). The Morgan fingerprint density at radius 3 is 2.94 bits per heavy atom. The second-order valence-electron chi connectivity index (χ2n) is 4.11. The number of carboxylic acid groups (broad SMARTS) is 1. The fourth-order valence-corrected chi connectivity index (χ4v) is 1.61. The first-order valence-electron chi connectivity index (χ1n) is 5.68. The molecule has 0 aliphatic heterocycles. The van der Waals surface area contributed by atoms with Gasteiger partial charge in [-0.15, -0.1) is 0 Å². The first-order valence-corrected chi connectivity index (χ1v) is 5.68. The highest BCUT2D eigenvalue weighted by molar-refractivity contribution is 5.66. The molecule has 1 atom stereocenters. The van der Waals surface area contributed by atoms with Crippen molar-refractivity contribution in [3.05, 3.63) is 29.8 Å². The molecule has 0 radical (unpaired) electrons. The van der Waals surface area contributed by atoms with Crippen LogP contribution in [0.3, 0.4) is 0 Å². The molecule has 1 unspecified atom stereocenters. The smallest absolute Gasteiger partial charge is 0.303 e. The van der Waals surface area contributed by atoms with Crippen LogP contribution in [-0.4, -0.2) is 24.2 Å². The van der Waals surface area contributed by atoms with Gasteiger partial charge < -0.3 is 15.2 Å².